The van der Waals surface area contributed by atoms with E-state index in [0.717, 1.165) is 24.8 Å². The number of H-pyrrole nitrogens is 1. The Hall–Kier alpha value is -2.60. The van der Waals surface area contributed by atoms with Crippen LogP contribution in [-0.2, 0) is 20.7 Å². The predicted molar refractivity (Wildman–Crippen MR) is 117 cm³/mol. The number of fused-ring (bicyclic) bond motifs is 2. The second-order valence-corrected chi connectivity index (χ2v) is 9.61. The number of hydrogen-bond acceptors (Lipinski definition) is 3. The highest BCUT2D eigenvalue weighted by Crippen LogP contribution is 2.52. The molecule has 4 aliphatic rings. The Bertz CT molecular complexity index is 1050. The van der Waals surface area contributed by atoms with Gasteiger partial charge >= 0.3 is 0 Å². The van der Waals surface area contributed by atoms with Crippen LogP contribution in [0.5, 0.6) is 0 Å². The third-order valence-electron chi connectivity index (χ3n) is 7.76. The topological polar surface area (TPSA) is 74.4 Å². The zero-order valence-electron chi connectivity index (χ0n) is 17.7. The van der Waals surface area contributed by atoms with Crippen molar-refractivity contribution in [2.24, 2.45) is 11.8 Å². The molecular weight excluding hydrogens is 390 g/mol. The number of hydrogen-bond donors (Lipinski definition) is 2. The van der Waals surface area contributed by atoms with Gasteiger partial charge in [-0.2, -0.15) is 0 Å². The molecular formula is C25H29N3O3. The van der Waals surface area contributed by atoms with Gasteiger partial charge in [-0.25, -0.2) is 0 Å². The molecule has 4 atom stereocenters. The Balaban J connectivity index is 1.17. The van der Waals surface area contributed by atoms with Crippen LogP contribution in [0.1, 0.15) is 37.7 Å². The lowest BCUT2D eigenvalue weighted by Gasteiger charge is -2.28. The molecule has 3 fully saturated rings. The maximum atomic E-state index is 13.4. The second kappa shape index (κ2) is 7.23. The summed E-state index contributed by atoms with van der Waals surface area (Å²) in [5, 5.41) is 4.44. The lowest BCUT2D eigenvalue weighted by Crippen LogP contribution is -2.47. The molecule has 1 aromatic carbocycles. The second-order valence-electron chi connectivity index (χ2n) is 9.61. The lowest BCUT2D eigenvalue weighted by molar-refractivity contribution is -0.137. The molecule has 6 heteroatoms. The fraction of sp³-hybridized carbons (Fsp3) is 0.520. The number of ether oxygens (including phenoxy) is 1. The van der Waals surface area contributed by atoms with Crippen molar-refractivity contribution in [3.05, 3.63) is 48.2 Å². The van der Waals surface area contributed by atoms with Crippen molar-refractivity contribution in [2.45, 2.75) is 56.3 Å². The molecule has 2 bridgehead atoms. The number of rotatable bonds is 5. The molecule has 3 aliphatic heterocycles. The SMILES string of the molecule is O=C(NC1CCCCC1)[C@@H]1[C@H]2C=C[C@]3(CN(CCc4c[nH]c5ccccc45)C(=O)[C@@H]13)O2. The van der Waals surface area contributed by atoms with Gasteiger partial charge in [0.05, 0.1) is 24.5 Å². The van der Waals surface area contributed by atoms with E-state index in [4.69, 9.17) is 4.74 Å². The van der Waals surface area contributed by atoms with Gasteiger partial charge in [-0.1, -0.05) is 49.6 Å². The van der Waals surface area contributed by atoms with E-state index in [1.807, 2.05) is 35.4 Å². The third-order valence-corrected chi connectivity index (χ3v) is 7.76. The first kappa shape index (κ1) is 19.1. The van der Waals surface area contributed by atoms with Gasteiger partial charge in [0.25, 0.3) is 0 Å². The van der Waals surface area contributed by atoms with Crippen molar-refractivity contribution in [1.29, 1.82) is 0 Å². The first-order valence-electron chi connectivity index (χ1n) is 11.7. The molecule has 162 valence electrons. The minimum Gasteiger partial charge on any atom is -0.361 e. The monoisotopic (exact) mass is 419 g/mol. The smallest absolute Gasteiger partial charge is 0.230 e. The summed E-state index contributed by atoms with van der Waals surface area (Å²) >= 11 is 0. The molecule has 31 heavy (non-hydrogen) atoms. The van der Waals surface area contributed by atoms with Gasteiger partial charge in [0, 0.05) is 29.7 Å². The van der Waals surface area contributed by atoms with Gasteiger partial charge in [-0.3, -0.25) is 9.59 Å². The summed E-state index contributed by atoms with van der Waals surface area (Å²) in [6, 6.07) is 8.48. The average molecular weight is 420 g/mol. The number of nitrogens with one attached hydrogen (secondary N) is 2. The van der Waals surface area contributed by atoms with Crippen LogP contribution in [0, 0.1) is 11.8 Å². The summed E-state index contributed by atoms with van der Waals surface area (Å²) in [5.41, 5.74) is 1.70. The zero-order chi connectivity index (χ0) is 21.0. The molecule has 1 saturated carbocycles. The zero-order valence-corrected chi connectivity index (χ0v) is 17.7. The molecule has 0 unspecified atom stereocenters. The number of carbonyl (C=O) groups is 2. The first-order chi connectivity index (χ1) is 15.1. The van der Waals surface area contributed by atoms with Crippen LogP contribution in [0.2, 0.25) is 0 Å². The van der Waals surface area contributed by atoms with E-state index in [1.165, 1.54) is 30.2 Å². The summed E-state index contributed by atoms with van der Waals surface area (Å²) in [7, 11) is 0. The van der Waals surface area contributed by atoms with Gasteiger partial charge in [-0.15, -0.1) is 0 Å². The van der Waals surface area contributed by atoms with Gasteiger partial charge in [0.1, 0.15) is 5.60 Å². The normalized spacial score (nSPS) is 32.2. The summed E-state index contributed by atoms with van der Waals surface area (Å²) in [6.45, 7) is 1.18. The van der Waals surface area contributed by atoms with Gasteiger partial charge in [0.2, 0.25) is 11.8 Å². The number of aromatic amines is 1. The summed E-state index contributed by atoms with van der Waals surface area (Å²) < 4.78 is 6.27. The Kier molecular flexibility index (Phi) is 4.46. The minimum absolute atomic E-state index is 0.0000430. The van der Waals surface area contributed by atoms with Gasteiger partial charge in [-0.05, 0) is 30.9 Å². The number of nitrogens with zero attached hydrogens (tertiary/aromatic N) is 1. The Labute approximate surface area is 182 Å². The summed E-state index contributed by atoms with van der Waals surface area (Å²) in [6.07, 6.45) is 12.3. The maximum Gasteiger partial charge on any atom is 0.230 e. The quantitative estimate of drug-likeness (QED) is 0.732. The minimum atomic E-state index is -0.628. The number of para-hydroxylation sites is 1. The van der Waals surface area contributed by atoms with Crippen LogP contribution < -0.4 is 5.32 Å². The number of aromatic nitrogens is 1. The highest BCUT2D eigenvalue weighted by molar-refractivity contribution is 5.93. The predicted octanol–water partition coefficient (Wildman–Crippen LogP) is 2.94. The van der Waals surface area contributed by atoms with Crippen molar-refractivity contribution in [1.82, 2.24) is 15.2 Å². The highest BCUT2D eigenvalue weighted by Gasteiger charge is 2.66. The molecule has 1 aliphatic carbocycles. The van der Waals surface area contributed by atoms with Crippen LogP contribution in [0.25, 0.3) is 10.9 Å². The number of amides is 2. The van der Waals surface area contributed by atoms with Crippen LogP contribution in [0.4, 0.5) is 0 Å². The molecule has 1 spiro atoms. The average Bonchev–Trinajstić information content (AvgIpc) is 3.53. The third kappa shape index (κ3) is 3.03. The van der Waals surface area contributed by atoms with Crippen LogP contribution in [-0.4, -0.2) is 52.5 Å². The van der Waals surface area contributed by atoms with E-state index in [2.05, 4.69) is 22.4 Å². The van der Waals surface area contributed by atoms with E-state index < -0.39 is 17.4 Å². The first-order valence-corrected chi connectivity index (χ1v) is 11.7. The highest BCUT2D eigenvalue weighted by atomic mass is 16.5. The van der Waals surface area contributed by atoms with Gasteiger partial charge in [0.15, 0.2) is 0 Å². The molecule has 0 radical (unpaired) electrons. The van der Waals surface area contributed by atoms with Crippen molar-refractivity contribution < 1.29 is 14.3 Å². The molecule has 2 aromatic rings. The van der Waals surface area contributed by atoms with Crippen molar-refractivity contribution >= 4 is 22.7 Å². The van der Waals surface area contributed by atoms with Crippen LogP contribution in [0.15, 0.2) is 42.6 Å². The van der Waals surface area contributed by atoms with E-state index in [0.29, 0.717) is 13.1 Å². The van der Waals surface area contributed by atoms with Crippen molar-refractivity contribution in [3.63, 3.8) is 0 Å². The number of carbonyl (C=O) groups excluding carboxylic acids is 2. The van der Waals surface area contributed by atoms with Crippen molar-refractivity contribution in [3.8, 4) is 0 Å². The standard InChI is InChI=1S/C25H29N3O3/c29-23(27-17-6-2-1-3-7-17)21-20-10-12-25(31-20)15-28(24(30)22(21)25)13-11-16-14-26-19-9-5-4-8-18(16)19/h4-5,8-10,12,14,17,20-22,26H,1-3,6-7,11,13,15H2,(H,27,29)/t20-,21-,22-,25-/m1/s1. The van der Waals surface area contributed by atoms with E-state index >= 15 is 0 Å². The molecule has 1 aromatic heterocycles. The number of likely N-dealkylation sites (tertiary alicyclic amines) is 1. The fourth-order valence-corrected chi connectivity index (χ4v) is 6.21. The molecule has 2 saturated heterocycles. The van der Waals surface area contributed by atoms with Crippen molar-refractivity contribution in [2.75, 3.05) is 13.1 Å². The summed E-state index contributed by atoms with van der Waals surface area (Å²) in [4.78, 5) is 31.8. The molecule has 4 heterocycles. The Morgan fingerprint density at radius 2 is 2.06 bits per heavy atom. The largest absolute Gasteiger partial charge is 0.361 e. The number of benzene rings is 1. The Morgan fingerprint density at radius 1 is 1.23 bits per heavy atom. The fourth-order valence-electron chi connectivity index (χ4n) is 6.21. The maximum absolute atomic E-state index is 13.4. The van der Waals surface area contributed by atoms with Crippen LogP contribution in [0.3, 0.4) is 0 Å². The van der Waals surface area contributed by atoms with E-state index in [1.54, 1.807) is 0 Å². The summed E-state index contributed by atoms with van der Waals surface area (Å²) in [5.74, 6) is -0.734. The van der Waals surface area contributed by atoms with Gasteiger partial charge < -0.3 is 19.9 Å². The van der Waals surface area contributed by atoms with Crippen LogP contribution >= 0.6 is 0 Å². The molecule has 2 amide bonds. The molecule has 6 nitrogen and oxygen atoms in total. The van der Waals surface area contributed by atoms with E-state index in [9.17, 15) is 9.59 Å². The Morgan fingerprint density at radius 3 is 2.94 bits per heavy atom. The molecule has 6 rings (SSSR count). The van der Waals surface area contributed by atoms with E-state index in [-0.39, 0.29) is 24.0 Å². The molecule has 2 N–H and O–H groups in total. The lowest BCUT2D eigenvalue weighted by atomic mass is 9.76.